The molecule has 4 rings (SSSR count). The Morgan fingerprint density at radius 2 is 0.967 bits per heavy atom. The van der Waals surface area contributed by atoms with Crippen LogP contribution in [0.25, 0.3) is 22.3 Å². The van der Waals surface area contributed by atoms with Crippen molar-refractivity contribution in [2.75, 3.05) is 0 Å². The van der Waals surface area contributed by atoms with Gasteiger partial charge in [-0.25, -0.2) is 0 Å². The van der Waals surface area contributed by atoms with Gasteiger partial charge in [0.2, 0.25) is 0 Å². The maximum absolute atomic E-state index is 11.1. The predicted molar refractivity (Wildman–Crippen MR) is 124 cm³/mol. The lowest BCUT2D eigenvalue weighted by molar-refractivity contribution is 0.101. The molecule has 30 heavy (non-hydrogen) atoms. The molecule has 4 aromatic rings. The highest BCUT2D eigenvalue weighted by Gasteiger charge is 2.01. The van der Waals surface area contributed by atoms with Crippen LogP contribution in [-0.2, 0) is 0 Å². The predicted octanol–water partition coefficient (Wildman–Crippen LogP) is 6.96. The molecule has 1 N–H and O–H groups in total. The Labute approximate surface area is 178 Å². The van der Waals surface area contributed by atoms with Crippen molar-refractivity contribution in [3.05, 3.63) is 120 Å². The Morgan fingerprint density at radius 1 is 0.600 bits per heavy atom. The van der Waals surface area contributed by atoms with E-state index in [2.05, 4.69) is 24.3 Å². The Morgan fingerprint density at radius 3 is 1.33 bits per heavy atom. The van der Waals surface area contributed by atoms with Gasteiger partial charge >= 0.3 is 0 Å². The number of rotatable bonds is 4. The highest BCUT2D eigenvalue weighted by Crippen LogP contribution is 2.21. The van der Waals surface area contributed by atoms with E-state index in [9.17, 15) is 9.90 Å². The summed E-state index contributed by atoms with van der Waals surface area (Å²) in [6.07, 6.45) is -0.394. The van der Waals surface area contributed by atoms with Crippen LogP contribution in [0.2, 0.25) is 0 Å². The topological polar surface area (TPSA) is 37.3 Å². The second-order valence-corrected chi connectivity index (χ2v) is 7.16. The number of hydrogen-bond acceptors (Lipinski definition) is 2. The van der Waals surface area contributed by atoms with E-state index in [0.717, 1.165) is 16.7 Å². The van der Waals surface area contributed by atoms with E-state index < -0.39 is 6.10 Å². The van der Waals surface area contributed by atoms with Crippen LogP contribution in [0.1, 0.15) is 35.9 Å². The highest BCUT2D eigenvalue weighted by atomic mass is 16.3. The zero-order chi connectivity index (χ0) is 21.3. The van der Waals surface area contributed by atoms with Crippen molar-refractivity contribution < 1.29 is 9.90 Å². The minimum Gasteiger partial charge on any atom is -0.389 e. The van der Waals surface area contributed by atoms with Crippen LogP contribution in [0, 0.1) is 0 Å². The van der Waals surface area contributed by atoms with Crippen molar-refractivity contribution >= 4 is 5.78 Å². The van der Waals surface area contributed by atoms with Crippen LogP contribution in [0.3, 0.4) is 0 Å². The van der Waals surface area contributed by atoms with Gasteiger partial charge in [0, 0.05) is 5.56 Å². The first-order chi connectivity index (χ1) is 14.5. The van der Waals surface area contributed by atoms with Crippen molar-refractivity contribution in [2.24, 2.45) is 0 Å². The van der Waals surface area contributed by atoms with E-state index >= 15 is 0 Å². The van der Waals surface area contributed by atoms with Crippen molar-refractivity contribution in [3.63, 3.8) is 0 Å². The molecule has 4 aromatic carbocycles. The molecule has 2 heteroatoms. The zero-order valence-corrected chi connectivity index (χ0v) is 17.3. The molecule has 0 bridgehead atoms. The summed E-state index contributed by atoms with van der Waals surface area (Å²) in [6.45, 7) is 3.36. The molecule has 150 valence electrons. The van der Waals surface area contributed by atoms with Crippen LogP contribution in [0.4, 0.5) is 0 Å². The quantitative estimate of drug-likeness (QED) is 0.380. The molecule has 0 saturated heterocycles. The van der Waals surface area contributed by atoms with E-state index in [1.807, 2.05) is 84.9 Å². The second-order valence-electron chi connectivity index (χ2n) is 7.16. The minimum absolute atomic E-state index is 0.106. The molecule has 0 aliphatic carbocycles. The van der Waals surface area contributed by atoms with E-state index in [1.165, 1.54) is 16.7 Å². The molecule has 0 aliphatic heterocycles. The molecule has 0 aliphatic rings. The van der Waals surface area contributed by atoms with Crippen molar-refractivity contribution in [1.29, 1.82) is 0 Å². The van der Waals surface area contributed by atoms with Crippen LogP contribution in [0.5, 0.6) is 0 Å². The van der Waals surface area contributed by atoms with Gasteiger partial charge in [0.05, 0.1) is 6.10 Å². The monoisotopic (exact) mass is 394 g/mol. The molecule has 0 radical (unpaired) electrons. The highest BCUT2D eigenvalue weighted by molar-refractivity contribution is 5.94. The lowest BCUT2D eigenvalue weighted by atomic mass is 10.0. The van der Waals surface area contributed by atoms with Crippen molar-refractivity contribution in [3.8, 4) is 22.3 Å². The van der Waals surface area contributed by atoms with Crippen LogP contribution < -0.4 is 0 Å². The first kappa shape index (κ1) is 21.2. The largest absolute Gasteiger partial charge is 0.389 e. The Bertz CT molecular complexity index is 1050. The summed E-state index contributed by atoms with van der Waals surface area (Å²) in [5, 5.41) is 9.39. The van der Waals surface area contributed by atoms with Gasteiger partial charge in [-0.3, -0.25) is 4.79 Å². The molecule has 0 amide bonds. The molecule has 2 nitrogen and oxygen atoms in total. The molecule has 0 heterocycles. The fourth-order valence-corrected chi connectivity index (χ4v) is 3.11. The number of carbonyl (C=O) groups excluding carboxylic acids is 1. The van der Waals surface area contributed by atoms with E-state index in [0.29, 0.717) is 0 Å². The molecule has 0 spiro atoms. The third-order valence-electron chi connectivity index (χ3n) is 4.90. The summed E-state index contributed by atoms with van der Waals surface area (Å²) in [6, 6.07) is 36.0. The number of aliphatic hydroxyl groups excluding tert-OH is 1. The van der Waals surface area contributed by atoms with Gasteiger partial charge in [-0.1, -0.05) is 109 Å². The molecule has 0 fully saturated rings. The maximum Gasteiger partial charge on any atom is 0.159 e. The molecule has 1 atom stereocenters. The third kappa shape index (κ3) is 5.76. The SMILES string of the molecule is CC(=O)c1ccc(-c2ccccc2)cc1.CC(O)c1ccc(-c2ccccc2)cc1. The number of aliphatic hydroxyl groups is 1. The van der Waals surface area contributed by atoms with Gasteiger partial charge in [0.1, 0.15) is 0 Å². The smallest absolute Gasteiger partial charge is 0.159 e. The first-order valence-corrected chi connectivity index (χ1v) is 10.0. The van der Waals surface area contributed by atoms with E-state index in [1.54, 1.807) is 13.8 Å². The lowest BCUT2D eigenvalue weighted by Gasteiger charge is -2.06. The van der Waals surface area contributed by atoms with Gasteiger partial charge in [-0.05, 0) is 41.7 Å². The summed E-state index contributed by atoms with van der Waals surface area (Å²) < 4.78 is 0. The maximum atomic E-state index is 11.1. The summed E-state index contributed by atoms with van der Waals surface area (Å²) >= 11 is 0. The molecular weight excluding hydrogens is 368 g/mol. The summed E-state index contributed by atoms with van der Waals surface area (Å²) in [5.41, 5.74) is 6.41. The number of benzene rings is 4. The Kier molecular flexibility index (Phi) is 7.31. The fourth-order valence-electron chi connectivity index (χ4n) is 3.11. The average Bonchev–Trinajstić information content (AvgIpc) is 2.81. The summed E-state index contributed by atoms with van der Waals surface area (Å²) in [7, 11) is 0. The van der Waals surface area contributed by atoms with Gasteiger partial charge in [-0.15, -0.1) is 0 Å². The van der Waals surface area contributed by atoms with Crippen LogP contribution in [-0.4, -0.2) is 10.9 Å². The number of carbonyl (C=O) groups is 1. The molecule has 0 saturated carbocycles. The van der Waals surface area contributed by atoms with Crippen LogP contribution in [0.15, 0.2) is 109 Å². The number of ketones is 1. The van der Waals surface area contributed by atoms with Gasteiger partial charge in [0.25, 0.3) is 0 Å². The zero-order valence-electron chi connectivity index (χ0n) is 17.3. The van der Waals surface area contributed by atoms with E-state index in [4.69, 9.17) is 0 Å². The van der Waals surface area contributed by atoms with Crippen molar-refractivity contribution in [1.82, 2.24) is 0 Å². The Hall–Kier alpha value is -3.49. The normalized spacial score (nSPS) is 11.2. The van der Waals surface area contributed by atoms with Gasteiger partial charge < -0.3 is 5.11 Å². The third-order valence-corrected chi connectivity index (χ3v) is 4.90. The fraction of sp³-hybridized carbons (Fsp3) is 0.107. The first-order valence-electron chi connectivity index (χ1n) is 10.0. The Balaban J connectivity index is 0.000000171. The molecular formula is C28H26O2. The second kappa shape index (κ2) is 10.3. The van der Waals surface area contributed by atoms with Gasteiger partial charge in [0.15, 0.2) is 5.78 Å². The molecule has 1 unspecified atom stereocenters. The van der Waals surface area contributed by atoms with Crippen LogP contribution >= 0.6 is 0 Å². The summed E-state index contributed by atoms with van der Waals surface area (Å²) in [4.78, 5) is 11.1. The van der Waals surface area contributed by atoms with E-state index in [-0.39, 0.29) is 5.78 Å². The number of Topliss-reactive ketones (excluding diaryl/α,β-unsaturated/α-hetero) is 1. The minimum atomic E-state index is -0.394. The van der Waals surface area contributed by atoms with Crippen molar-refractivity contribution in [2.45, 2.75) is 20.0 Å². The molecule has 0 aromatic heterocycles. The summed E-state index contributed by atoms with van der Waals surface area (Å²) in [5.74, 6) is 0.106. The standard InChI is InChI=1S/C14H14O.C14H12O/c2*1-11(15)12-7-9-14(10-8-12)13-5-3-2-4-6-13/h2-11,15H,1H3;2-10H,1H3. The lowest BCUT2D eigenvalue weighted by Crippen LogP contribution is -1.90. The van der Waals surface area contributed by atoms with Gasteiger partial charge in [-0.2, -0.15) is 0 Å². The average molecular weight is 395 g/mol. The number of hydrogen-bond donors (Lipinski definition) is 1.